The van der Waals surface area contributed by atoms with Crippen LogP contribution in [-0.2, 0) is 14.3 Å². The molecule has 0 bridgehead atoms. The fraction of sp³-hybridized carbons (Fsp3) is 0.828. The Bertz CT molecular complexity index is 1400. The van der Waals surface area contributed by atoms with Gasteiger partial charge in [-0.15, -0.1) is 0 Å². The molecule has 11 heteroatoms. The summed E-state index contributed by atoms with van der Waals surface area (Å²) >= 11 is 0. The molecule has 1 aliphatic rings. The lowest BCUT2D eigenvalue weighted by molar-refractivity contribution is -0.303. The first kappa shape index (κ1) is 70.8. The number of aliphatic hydroxyl groups excluding tert-OH is 7. The van der Waals surface area contributed by atoms with E-state index in [0.717, 1.165) is 57.8 Å². The number of hydrogen-bond donors (Lipinski definition) is 8. The van der Waals surface area contributed by atoms with Crippen LogP contribution in [0.1, 0.15) is 271 Å². The van der Waals surface area contributed by atoms with Gasteiger partial charge >= 0.3 is 0 Å². The molecule has 0 radical (unpaired) electrons. The monoisotopic (exact) mass is 1060 g/mol. The molecule has 1 aliphatic heterocycles. The molecular formula is C64H117NO10. The quantitative estimate of drug-likeness (QED) is 0.0215. The summed E-state index contributed by atoms with van der Waals surface area (Å²) in [6.07, 6.45) is 57.4. The molecule has 75 heavy (non-hydrogen) atoms. The van der Waals surface area contributed by atoms with E-state index in [1.807, 2.05) is 0 Å². The van der Waals surface area contributed by atoms with E-state index in [1.54, 1.807) is 0 Å². The summed E-state index contributed by atoms with van der Waals surface area (Å²) < 4.78 is 11.1. The minimum absolute atomic E-state index is 0.239. The molecule has 0 aromatic heterocycles. The molecule has 1 saturated heterocycles. The van der Waals surface area contributed by atoms with Gasteiger partial charge in [-0.2, -0.15) is 0 Å². The molecule has 9 atom stereocenters. The normalized spacial score (nSPS) is 20.1. The zero-order valence-electron chi connectivity index (χ0n) is 48.0. The van der Waals surface area contributed by atoms with Crippen LogP contribution in [0.2, 0.25) is 0 Å². The van der Waals surface area contributed by atoms with Gasteiger partial charge in [0.2, 0.25) is 5.91 Å². The smallest absolute Gasteiger partial charge is 0.249 e. The number of amides is 1. The standard InChI is InChI=1S/C64H117NO10/c1-3-5-7-9-11-13-15-17-19-20-21-22-23-24-25-26-27-28-29-30-31-32-33-34-35-36-37-38-40-42-44-46-48-50-52-57(68)63(73)65-55(54-74-64-62(72)61(71)60(70)58(53-66)75-64)59(69)56(67)51-49-47-45-43-41-39-18-16-14-12-10-8-6-4-2/h8,10,16,18,23-24,26-27,43,45,55-62,64,66-72H,3-7,9,11-15,17,19-22,25,28-42,44,46-54H2,1-2H3,(H,65,73)/b10-8+,18-16+,24-23-,27-26-,45-43+. The zero-order valence-corrected chi connectivity index (χ0v) is 48.0. The van der Waals surface area contributed by atoms with E-state index < -0.39 is 74.2 Å². The van der Waals surface area contributed by atoms with Crippen LogP contribution in [0, 0.1) is 0 Å². The second-order valence-electron chi connectivity index (χ2n) is 21.7. The molecule has 0 aromatic carbocycles. The number of rotatable bonds is 53. The van der Waals surface area contributed by atoms with Gasteiger partial charge in [-0.3, -0.25) is 4.79 Å². The number of allylic oxidation sites excluding steroid dienone is 10. The molecule has 1 heterocycles. The largest absolute Gasteiger partial charge is 0.394 e. The van der Waals surface area contributed by atoms with E-state index in [9.17, 15) is 40.5 Å². The van der Waals surface area contributed by atoms with Crippen LogP contribution < -0.4 is 5.32 Å². The second-order valence-corrected chi connectivity index (χ2v) is 21.7. The Balaban J connectivity index is 2.19. The maximum absolute atomic E-state index is 13.2. The van der Waals surface area contributed by atoms with Crippen molar-refractivity contribution in [1.29, 1.82) is 0 Å². The number of carbonyl (C=O) groups excluding carboxylic acids is 1. The molecule has 0 spiro atoms. The van der Waals surface area contributed by atoms with Crippen LogP contribution in [0.25, 0.3) is 0 Å². The topological polar surface area (TPSA) is 189 Å². The van der Waals surface area contributed by atoms with Crippen LogP contribution in [0.5, 0.6) is 0 Å². The van der Waals surface area contributed by atoms with Gasteiger partial charge in [0.05, 0.1) is 25.4 Å². The molecule has 1 amide bonds. The number of nitrogens with one attached hydrogen (secondary N) is 1. The summed E-state index contributed by atoms with van der Waals surface area (Å²) in [5.74, 6) is -0.713. The van der Waals surface area contributed by atoms with Crippen LogP contribution >= 0.6 is 0 Å². The van der Waals surface area contributed by atoms with Crippen LogP contribution in [0.15, 0.2) is 60.8 Å². The van der Waals surface area contributed by atoms with Crippen LogP contribution in [0.3, 0.4) is 0 Å². The van der Waals surface area contributed by atoms with Gasteiger partial charge in [-0.05, 0) is 89.9 Å². The van der Waals surface area contributed by atoms with Crippen molar-refractivity contribution in [2.45, 2.75) is 326 Å². The number of carbonyl (C=O) groups is 1. The van der Waals surface area contributed by atoms with Crippen LogP contribution in [0.4, 0.5) is 0 Å². The van der Waals surface area contributed by atoms with Crippen molar-refractivity contribution in [3.05, 3.63) is 60.8 Å². The van der Waals surface area contributed by atoms with Crippen molar-refractivity contribution < 1.29 is 50.0 Å². The number of unbranched alkanes of at least 4 members (excludes halogenated alkanes) is 31. The van der Waals surface area contributed by atoms with E-state index in [1.165, 1.54) is 167 Å². The van der Waals surface area contributed by atoms with E-state index in [0.29, 0.717) is 19.3 Å². The Morgan fingerprint density at radius 1 is 0.467 bits per heavy atom. The summed E-state index contributed by atoms with van der Waals surface area (Å²) in [6.45, 7) is 3.38. The Hall–Kier alpha value is -2.19. The van der Waals surface area contributed by atoms with Gasteiger partial charge in [0.25, 0.3) is 0 Å². The lowest BCUT2D eigenvalue weighted by Crippen LogP contribution is -2.60. The summed E-state index contributed by atoms with van der Waals surface area (Å²) in [4.78, 5) is 13.2. The average Bonchev–Trinajstić information content (AvgIpc) is 3.41. The number of hydrogen-bond acceptors (Lipinski definition) is 10. The Morgan fingerprint density at radius 3 is 1.32 bits per heavy atom. The second kappa shape index (κ2) is 52.5. The predicted octanol–water partition coefficient (Wildman–Crippen LogP) is 13.8. The first-order valence-electron chi connectivity index (χ1n) is 31.2. The first-order chi connectivity index (χ1) is 36.7. The van der Waals surface area contributed by atoms with Gasteiger partial charge in [0.1, 0.15) is 36.6 Å². The van der Waals surface area contributed by atoms with E-state index in [2.05, 4.69) is 79.9 Å². The Labute approximate surface area is 459 Å². The fourth-order valence-corrected chi connectivity index (χ4v) is 9.69. The SMILES string of the molecule is CCC/C=C/CC/C=C/CC/C=C/CCCC(O)C(O)C(COC1OC(CO)C(O)C(O)C1O)NC(=O)C(O)CCCCCCCCCCCCCCCCCC/C=C\C/C=C\CCCCCCCCCCCCC. The molecule has 0 aliphatic carbocycles. The summed E-state index contributed by atoms with van der Waals surface area (Å²) in [6, 6.07) is -1.20. The lowest BCUT2D eigenvalue weighted by atomic mass is 9.98. The molecule has 8 N–H and O–H groups in total. The van der Waals surface area contributed by atoms with E-state index in [-0.39, 0.29) is 12.8 Å². The highest BCUT2D eigenvalue weighted by molar-refractivity contribution is 5.80. The Kier molecular flexibility index (Phi) is 49.6. The molecule has 11 nitrogen and oxygen atoms in total. The molecular weight excluding hydrogens is 943 g/mol. The van der Waals surface area contributed by atoms with Gasteiger partial charge in [0.15, 0.2) is 6.29 Å². The molecule has 438 valence electrons. The van der Waals surface area contributed by atoms with Gasteiger partial charge in [0, 0.05) is 0 Å². The first-order valence-corrected chi connectivity index (χ1v) is 31.2. The highest BCUT2D eigenvalue weighted by Crippen LogP contribution is 2.23. The van der Waals surface area contributed by atoms with Crippen LogP contribution in [-0.4, -0.2) is 110 Å². The number of aliphatic hydroxyl groups is 7. The van der Waals surface area contributed by atoms with Gasteiger partial charge < -0.3 is 50.5 Å². The third kappa shape index (κ3) is 40.6. The van der Waals surface area contributed by atoms with E-state index in [4.69, 9.17) is 9.47 Å². The van der Waals surface area contributed by atoms with Crippen molar-refractivity contribution in [2.24, 2.45) is 0 Å². The van der Waals surface area contributed by atoms with Gasteiger partial charge in [-0.1, -0.05) is 242 Å². The van der Waals surface area contributed by atoms with E-state index >= 15 is 0 Å². The summed E-state index contributed by atoms with van der Waals surface area (Å²) in [5, 5.41) is 76.0. The average molecular weight is 1060 g/mol. The number of ether oxygens (including phenoxy) is 2. The van der Waals surface area contributed by atoms with Crippen molar-refractivity contribution in [2.75, 3.05) is 13.2 Å². The lowest BCUT2D eigenvalue weighted by Gasteiger charge is -2.40. The highest BCUT2D eigenvalue weighted by Gasteiger charge is 2.44. The molecule has 1 rings (SSSR count). The third-order valence-corrected chi connectivity index (χ3v) is 14.7. The molecule has 0 saturated carbocycles. The highest BCUT2D eigenvalue weighted by atomic mass is 16.7. The molecule has 0 aromatic rings. The zero-order chi connectivity index (χ0) is 54.7. The summed E-state index contributed by atoms with van der Waals surface area (Å²) in [5.41, 5.74) is 0. The Morgan fingerprint density at radius 2 is 0.867 bits per heavy atom. The van der Waals surface area contributed by atoms with Crippen molar-refractivity contribution >= 4 is 5.91 Å². The van der Waals surface area contributed by atoms with Crippen molar-refractivity contribution in [3.8, 4) is 0 Å². The van der Waals surface area contributed by atoms with Crippen molar-refractivity contribution in [3.63, 3.8) is 0 Å². The third-order valence-electron chi connectivity index (χ3n) is 14.7. The fourth-order valence-electron chi connectivity index (χ4n) is 9.69. The minimum Gasteiger partial charge on any atom is -0.394 e. The van der Waals surface area contributed by atoms with Gasteiger partial charge in [-0.25, -0.2) is 0 Å². The molecule has 1 fully saturated rings. The molecule has 9 unspecified atom stereocenters. The maximum Gasteiger partial charge on any atom is 0.249 e. The summed E-state index contributed by atoms with van der Waals surface area (Å²) in [7, 11) is 0. The minimum atomic E-state index is -1.67. The maximum atomic E-state index is 13.2. The van der Waals surface area contributed by atoms with Crippen molar-refractivity contribution in [1.82, 2.24) is 5.32 Å². The predicted molar refractivity (Wildman–Crippen MR) is 311 cm³/mol.